The number of hydrogen-bond donors (Lipinski definition) is 0. The van der Waals surface area contributed by atoms with Gasteiger partial charge in [-0.1, -0.05) is 6.42 Å². The zero-order chi connectivity index (χ0) is 7.84. The third-order valence-electron chi connectivity index (χ3n) is 3.62. The number of nitrogens with zero attached hydrogens (tertiary/aromatic N) is 1. The van der Waals surface area contributed by atoms with E-state index >= 15 is 0 Å². The third-order valence-corrected chi connectivity index (χ3v) is 3.62. The molecule has 2 saturated carbocycles. The van der Waals surface area contributed by atoms with Crippen LogP contribution in [0.25, 0.3) is 4.85 Å². The second kappa shape index (κ2) is 2.52. The molecule has 60 valence electrons. The summed E-state index contributed by atoms with van der Waals surface area (Å²) in [6.45, 7) is 9.07. The summed E-state index contributed by atoms with van der Waals surface area (Å²) in [6.07, 6.45) is 5.65. The van der Waals surface area contributed by atoms with Crippen LogP contribution in [0, 0.1) is 24.3 Å². The number of fused-ring (bicyclic) bond motifs is 2. The molecule has 2 bridgehead atoms. The van der Waals surface area contributed by atoms with Crippen molar-refractivity contribution in [2.24, 2.45) is 17.8 Å². The van der Waals surface area contributed by atoms with E-state index in [1.54, 1.807) is 0 Å². The van der Waals surface area contributed by atoms with Crippen LogP contribution in [0.5, 0.6) is 0 Å². The Hall–Kier alpha value is -0.510. The van der Waals surface area contributed by atoms with Crippen LogP contribution in [0.3, 0.4) is 0 Å². The van der Waals surface area contributed by atoms with Gasteiger partial charge in [0.1, 0.15) is 0 Å². The molecule has 0 aromatic carbocycles. The minimum absolute atomic E-state index is 0.297. The van der Waals surface area contributed by atoms with Gasteiger partial charge in [-0.2, -0.15) is 0 Å². The largest absolute Gasteiger partial charge is 0.314 e. The lowest BCUT2D eigenvalue weighted by molar-refractivity contribution is 0.313. The molecule has 2 rings (SSSR count). The maximum absolute atomic E-state index is 6.98. The molecule has 0 radical (unpaired) electrons. The molecule has 0 heterocycles. The first-order valence-corrected chi connectivity index (χ1v) is 4.68. The second-order valence-electron chi connectivity index (χ2n) is 4.21. The first kappa shape index (κ1) is 7.16. The Bertz CT molecular complexity index is 192. The van der Waals surface area contributed by atoms with Crippen molar-refractivity contribution < 1.29 is 0 Å². The molecule has 2 fully saturated rings. The van der Waals surface area contributed by atoms with Crippen molar-refractivity contribution in [1.82, 2.24) is 0 Å². The average molecular weight is 149 g/mol. The zero-order valence-corrected chi connectivity index (χ0v) is 7.09. The molecule has 0 aliphatic heterocycles. The predicted octanol–water partition coefficient (Wildman–Crippen LogP) is 2.73. The van der Waals surface area contributed by atoms with Gasteiger partial charge in [-0.3, -0.25) is 0 Å². The van der Waals surface area contributed by atoms with Gasteiger partial charge in [0.15, 0.2) is 0 Å². The summed E-state index contributed by atoms with van der Waals surface area (Å²) in [6, 6.07) is 0.297. The van der Waals surface area contributed by atoms with E-state index in [1.165, 1.54) is 25.7 Å². The van der Waals surface area contributed by atoms with Crippen LogP contribution in [-0.4, -0.2) is 6.04 Å². The molecule has 0 amide bonds. The lowest BCUT2D eigenvalue weighted by Gasteiger charge is -2.20. The van der Waals surface area contributed by atoms with Crippen molar-refractivity contribution in [3.63, 3.8) is 0 Å². The van der Waals surface area contributed by atoms with Gasteiger partial charge < -0.3 is 4.85 Å². The van der Waals surface area contributed by atoms with Gasteiger partial charge in [0.05, 0.1) is 0 Å². The molecule has 0 spiro atoms. The molecule has 0 aromatic heterocycles. The molecular formula is C10H15N. The molecule has 4 atom stereocenters. The maximum Gasteiger partial charge on any atom is 0.224 e. The Morgan fingerprint density at radius 1 is 1.36 bits per heavy atom. The minimum Gasteiger partial charge on any atom is -0.314 e. The van der Waals surface area contributed by atoms with Gasteiger partial charge >= 0.3 is 0 Å². The van der Waals surface area contributed by atoms with E-state index in [9.17, 15) is 0 Å². The predicted molar refractivity (Wildman–Crippen MR) is 45.0 cm³/mol. The van der Waals surface area contributed by atoms with Crippen LogP contribution in [-0.2, 0) is 0 Å². The zero-order valence-electron chi connectivity index (χ0n) is 7.09. The van der Waals surface area contributed by atoms with Crippen LogP contribution in [0.15, 0.2) is 0 Å². The molecule has 0 aromatic rings. The summed E-state index contributed by atoms with van der Waals surface area (Å²) >= 11 is 0. The first-order chi connectivity index (χ1) is 5.31. The van der Waals surface area contributed by atoms with Crippen molar-refractivity contribution >= 4 is 0 Å². The van der Waals surface area contributed by atoms with Gasteiger partial charge in [-0.15, -0.1) is 0 Å². The molecule has 4 unspecified atom stereocenters. The second-order valence-corrected chi connectivity index (χ2v) is 4.21. The fourth-order valence-electron chi connectivity index (χ4n) is 2.98. The van der Waals surface area contributed by atoms with E-state index in [0.29, 0.717) is 6.04 Å². The third kappa shape index (κ3) is 1.05. The Balaban J connectivity index is 2.03. The van der Waals surface area contributed by atoms with Crippen molar-refractivity contribution in [2.75, 3.05) is 0 Å². The summed E-state index contributed by atoms with van der Waals surface area (Å²) in [7, 11) is 0. The summed E-state index contributed by atoms with van der Waals surface area (Å²) in [4.78, 5) is 3.64. The van der Waals surface area contributed by atoms with Gasteiger partial charge in [-0.05, 0) is 31.1 Å². The van der Waals surface area contributed by atoms with E-state index < -0.39 is 0 Å². The summed E-state index contributed by atoms with van der Waals surface area (Å²) in [5.41, 5.74) is 0. The van der Waals surface area contributed by atoms with Crippen LogP contribution in [0.2, 0.25) is 0 Å². The van der Waals surface area contributed by atoms with Crippen molar-refractivity contribution in [1.29, 1.82) is 0 Å². The molecule has 0 saturated heterocycles. The lowest BCUT2D eigenvalue weighted by Crippen LogP contribution is -2.20. The fraction of sp³-hybridized carbons (Fsp3) is 0.900. The first-order valence-electron chi connectivity index (χ1n) is 4.68. The van der Waals surface area contributed by atoms with Crippen LogP contribution < -0.4 is 0 Å². The average Bonchev–Trinajstić information content (AvgIpc) is 2.62. The van der Waals surface area contributed by atoms with Crippen molar-refractivity contribution in [3.05, 3.63) is 11.4 Å². The number of hydrogen-bond acceptors (Lipinski definition) is 0. The standard InChI is InChI=1S/C10H15N/c1-7(11-2)10-6-8-3-4-9(10)5-8/h7-10H,3-6H2,1H3. The monoisotopic (exact) mass is 149 g/mol. The van der Waals surface area contributed by atoms with E-state index in [4.69, 9.17) is 6.57 Å². The van der Waals surface area contributed by atoms with Crippen molar-refractivity contribution in [3.8, 4) is 0 Å². The quantitative estimate of drug-likeness (QED) is 0.505. The van der Waals surface area contributed by atoms with E-state index in [0.717, 1.165) is 17.8 Å². The van der Waals surface area contributed by atoms with Gasteiger partial charge in [0.2, 0.25) is 6.04 Å². The molecule has 1 nitrogen and oxygen atoms in total. The Morgan fingerprint density at radius 3 is 2.64 bits per heavy atom. The van der Waals surface area contributed by atoms with Gasteiger partial charge in [0.25, 0.3) is 0 Å². The highest BCUT2D eigenvalue weighted by molar-refractivity contribution is 4.97. The Morgan fingerprint density at radius 2 is 2.18 bits per heavy atom. The Kier molecular flexibility index (Phi) is 1.64. The fourth-order valence-corrected chi connectivity index (χ4v) is 2.98. The molecular weight excluding hydrogens is 134 g/mol. The van der Waals surface area contributed by atoms with Crippen molar-refractivity contribution in [2.45, 2.75) is 38.6 Å². The topological polar surface area (TPSA) is 4.36 Å². The normalized spacial score (nSPS) is 43.8. The summed E-state index contributed by atoms with van der Waals surface area (Å²) in [5.74, 6) is 2.67. The maximum atomic E-state index is 6.98. The highest BCUT2D eigenvalue weighted by atomic mass is 14.7. The van der Waals surface area contributed by atoms with E-state index in [1.807, 2.05) is 0 Å². The van der Waals surface area contributed by atoms with E-state index in [2.05, 4.69) is 11.8 Å². The molecule has 2 aliphatic rings. The molecule has 11 heavy (non-hydrogen) atoms. The lowest BCUT2D eigenvalue weighted by atomic mass is 9.84. The van der Waals surface area contributed by atoms with Gasteiger partial charge in [0, 0.05) is 12.8 Å². The highest BCUT2D eigenvalue weighted by Gasteiger charge is 2.44. The summed E-state index contributed by atoms with van der Waals surface area (Å²) in [5, 5.41) is 0. The molecule has 2 aliphatic carbocycles. The smallest absolute Gasteiger partial charge is 0.224 e. The number of rotatable bonds is 1. The van der Waals surface area contributed by atoms with Crippen LogP contribution in [0.4, 0.5) is 0 Å². The van der Waals surface area contributed by atoms with E-state index in [-0.39, 0.29) is 0 Å². The van der Waals surface area contributed by atoms with Gasteiger partial charge in [-0.25, -0.2) is 6.57 Å². The Labute approximate surface area is 68.6 Å². The van der Waals surface area contributed by atoms with Crippen LogP contribution >= 0.6 is 0 Å². The highest BCUT2D eigenvalue weighted by Crippen LogP contribution is 2.49. The summed E-state index contributed by atoms with van der Waals surface area (Å²) < 4.78 is 0. The SMILES string of the molecule is [C-]#[N+]C(C)C1CC2CCC1C2. The molecule has 1 heteroatoms. The molecule has 0 N–H and O–H groups in total. The minimum atomic E-state index is 0.297. The van der Waals surface area contributed by atoms with Crippen LogP contribution in [0.1, 0.15) is 32.6 Å².